The Labute approximate surface area is 78.0 Å². The van der Waals surface area contributed by atoms with Crippen molar-refractivity contribution in [3.05, 3.63) is 47.9 Å². The molecule has 0 fully saturated rings. The lowest BCUT2D eigenvalue weighted by molar-refractivity contribution is 0.559. The van der Waals surface area contributed by atoms with Gasteiger partial charge in [0.15, 0.2) is 6.26 Å². The van der Waals surface area contributed by atoms with E-state index in [1.54, 1.807) is 6.26 Å². The summed E-state index contributed by atoms with van der Waals surface area (Å²) in [5.74, 6) is 0. The largest absolute Gasteiger partial charge is 0.460 e. The van der Waals surface area contributed by atoms with E-state index in [1.165, 1.54) is 16.7 Å². The van der Waals surface area contributed by atoms with Gasteiger partial charge in [-0.3, -0.25) is 0 Å². The standard InChI is InChI=1S/C12H11O/c1-9-5-10(2)7-12(6-9)11-3-4-13-8-11/h3,5-8H,1-2H3. The fourth-order valence-corrected chi connectivity index (χ4v) is 1.52. The Morgan fingerprint density at radius 3 is 2.23 bits per heavy atom. The molecule has 1 heterocycles. The molecule has 0 saturated carbocycles. The van der Waals surface area contributed by atoms with Crippen molar-refractivity contribution in [3.8, 4) is 11.1 Å². The monoisotopic (exact) mass is 171 g/mol. The maximum atomic E-state index is 4.92. The lowest BCUT2D eigenvalue weighted by atomic mass is 10.0. The highest BCUT2D eigenvalue weighted by Crippen LogP contribution is 2.21. The van der Waals surface area contributed by atoms with Crippen molar-refractivity contribution in [2.75, 3.05) is 0 Å². The highest BCUT2D eigenvalue weighted by molar-refractivity contribution is 5.63. The number of hydrogen-bond acceptors (Lipinski definition) is 1. The fourth-order valence-electron chi connectivity index (χ4n) is 1.52. The third kappa shape index (κ3) is 1.64. The first-order valence-electron chi connectivity index (χ1n) is 4.29. The van der Waals surface area contributed by atoms with Gasteiger partial charge in [-0.2, -0.15) is 0 Å². The van der Waals surface area contributed by atoms with Crippen LogP contribution in [0.3, 0.4) is 0 Å². The van der Waals surface area contributed by atoms with Crippen LogP contribution < -0.4 is 0 Å². The normalized spacial score (nSPS) is 10.3. The first-order chi connectivity index (χ1) is 6.25. The van der Waals surface area contributed by atoms with E-state index < -0.39 is 0 Å². The number of rotatable bonds is 1. The van der Waals surface area contributed by atoms with Crippen molar-refractivity contribution in [3.63, 3.8) is 0 Å². The molecule has 1 aromatic heterocycles. The molecule has 0 unspecified atom stereocenters. The maximum absolute atomic E-state index is 4.92. The van der Waals surface area contributed by atoms with Crippen LogP contribution in [0.1, 0.15) is 11.1 Å². The molecule has 0 bridgehead atoms. The third-order valence-corrected chi connectivity index (χ3v) is 2.02. The van der Waals surface area contributed by atoms with Crippen LogP contribution in [0, 0.1) is 20.1 Å². The van der Waals surface area contributed by atoms with E-state index in [0.717, 1.165) is 5.56 Å². The Morgan fingerprint density at radius 1 is 1.00 bits per heavy atom. The van der Waals surface area contributed by atoms with Crippen molar-refractivity contribution in [2.45, 2.75) is 13.8 Å². The molecule has 2 rings (SSSR count). The minimum atomic E-state index is 1.09. The molecule has 0 N–H and O–H groups in total. The lowest BCUT2D eigenvalue weighted by Gasteiger charge is -2.01. The van der Waals surface area contributed by atoms with E-state index >= 15 is 0 Å². The zero-order valence-corrected chi connectivity index (χ0v) is 7.79. The van der Waals surface area contributed by atoms with E-state index in [1.807, 2.05) is 6.07 Å². The van der Waals surface area contributed by atoms with E-state index in [9.17, 15) is 0 Å². The zero-order valence-electron chi connectivity index (χ0n) is 7.79. The molecule has 0 atom stereocenters. The third-order valence-electron chi connectivity index (χ3n) is 2.02. The van der Waals surface area contributed by atoms with Crippen molar-refractivity contribution in [1.82, 2.24) is 0 Å². The summed E-state index contributed by atoms with van der Waals surface area (Å²) in [5.41, 5.74) is 4.83. The Bertz CT molecular complexity index is 379. The number of aryl methyl sites for hydroxylation is 2. The Hall–Kier alpha value is -1.50. The van der Waals surface area contributed by atoms with Gasteiger partial charge in [-0.25, -0.2) is 0 Å². The Kier molecular flexibility index (Phi) is 1.93. The van der Waals surface area contributed by atoms with Crippen LogP contribution in [-0.4, -0.2) is 0 Å². The summed E-state index contributed by atoms with van der Waals surface area (Å²) in [6.07, 6.45) is 4.41. The quantitative estimate of drug-likeness (QED) is 0.641. The number of furan rings is 1. The molecule has 0 spiro atoms. The van der Waals surface area contributed by atoms with Gasteiger partial charge in [0.25, 0.3) is 0 Å². The SMILES string of the molecule is Cc1cc(C)cc(-c2c[c]oc2)c1. The summed E-state index contributed by atoms with van der Waals surface area (Å²) in [6, 6.07) is 8.30. The number of benzene rings is 1. The molecule has 1 aromatic carbocycles. The van der Waals surface area contributed by atoms with Gasteiger partial charge in [-0.05, 0) is 25.5 Å². The maximum Gasteiger partial charge on any atom is 0.169 e. The van der Waals surface area contributed by atoms with Gasteiger partial charge < -0.3 is 4.42 Å². The smallest absolute Gasteiger partial charge is 0.169 e. The average molecular weight is 171 g/mol. The minimum absolute atomic E-state index is 1.09. The first kappa shape index (κ1) is 8.11. The van der Waals surface area contributed by atoms with Crippen LogP contribution in [-0.2, 0) is 0 Å². The van der Waals surface area contributed by atoms with Gasteiger partial charge in [-0.15, -0.1) is 0 Å². The molecule has 65 valence electrons. The van der Waals surface area contributed by atoms with Gasteiger partial charge >= 0.3 is 0 Å². The second kappa shape index (κ2) is 3.09. The molecule has 1 heteroatoms. The molecule has 0 saturated heterocycles. The Balaban J connectivity index is 2.53. The van der Waals surface area contributed by atoms with Crippen LogP contribution in [0.15, 0.2) is 34.9 Å². The van der Waals surface area contributed by atoms with Crippen molar-refractivity contribution < 1.29 is 4.42 Å². The first-order valence-corrected chi connectivity index (χ1v) is 4.29. The minimum Gasteiger partial charge on any atom is -0.460 e. The summed E-state index contributed by atoms with van der Waals surface area (Å²) in [7, 11) is 0. The summed E-state index contributed by atoms with van der Waals surface area (Å²) in [5, 5.41) is 0. The van der Waals surface area contributed by atoms with Gasteiger partial charge in [0.1, 0.15) is 0 Å². The summed E-state index contributed by atoms with van der Waals surface area (Å²) in [6.45, 7) is 4.20. The summed E-state index contributed by atoms with van der Waals surface area (Å²) >= 11 is 0. The molecule has 0 aliphatic heterocycles. The summed E-state index contributed by atoms with van der Waals surface area (Å²) < 4.78 is 4.92. The predicted molar refractivity (Wildman–Crippen MR) is 52.5 cm³/mol. The second-order valence-corrected chi connectivity index (χ2v) is 3.33. The van der Waals surface area contributed by atoms with Crippen LogP contribution in [0.25, 0.3) is 11.1 Å². The molecular formula is C12H11O. The molecule has 1 radical (unpaired) electrons. The van der Waals surface area contributed by atoms with E-state index in [-0.39, 0.29) is 0 Å². The summed E-state index contributed by atoms with van der Waals surface area (Å²) in [4.78, 5) is 0. The van der Waals surface area contributed by atoms with E-state index in [0.29, 0.717) is 0 Å². The predicted octanol–water partition coefficient (Wildman–Crippen LogP) is 3.36. The molecule has 0 aliphatic rings. The van der Waals surface area contributed by atoms with E-state index in [2.05, 4.69) is 38.3 Å². The van der Waals surface area contributed by atoms with Gasteiger partial charge in [0.2, 0.25) is 0 Å². The highest BCUT2D eigenvalue weighted by Gasteiger charge is 2.00. The molecule has 0 aliphatic carbocycles. The molecular weight excluding hydrogens is 160 g/mol. The van der Waals surface area contributed by atoms with Gasteiger partial charge in [0, 0.05) is 5.56 Å². The van der Waals surface area contributed by atoms with Crippen LogP contribution >= 0.6 is 0 Å². The Morgan fingerprint density at radius 2 is 1.69 bits per heavy atom. The van der Waals surface area contributed by atoms with Gasteiger partial charge in [-0.1, -0.05) is 29.3 Å². The highest BCUT2D eigenvalue weighted by atomic mass is 16.3. The molecule has 0 amide bonds. The topological polar surface area (TPSA) is 13.1 Å². The molecule has 1 nitrogen and oxygen atoms in total. The second-order valence-electron chi connectivity index (χ2n) is 3.33. The number of hydrogen-bond donors (Lipinski definition) is 0. The van der Waals surface area contributed by atoms with Crippen LogP contribution in [0.2, 0.25) is 0 Å². The van der Waals surface area contributed by atoms with E-state index in [4.69, 9.17) is 4.42 Å². The molecule has 13 heavy (non-hydrogen) atoms. The van der Waals surface area contributed by atoms with Crippen molar-refractivity contribution >= 4 is 0 Å². The fraction of sp³-hybridized carbons (Fsp3) is 0.167. The van der Waals surface area contributed by atoms with Crippen molar-refractivity contribution in [2.24, 2.45) is 0 Å². The zero-order chi connectivity index (χ0) is 9.26. The van der Waals surface area contributed by atoms with Gasteiger partial charge in [0.05, 0.1) is 6.26 Å². The van der Waals surface area contributed by atoms with Crippen LogP contribution in [0.4, 0.5) is 0 Å². The molecule has 2 aromatic rings. The van der Waals surface area contributed by atoms with Crippen LogP contribution in [0.5, 0.6) is 0 Å². The lowest BCUT2D eigenvalue weighted by Crippen LogP contribution is -1.80. The average Bonchev–Trinajstić information content (AvgIpc) is 2.53. The van der Waals surface area contributed by atoms with Crippen molar-refractivity contribution in [1.29, 1.82) is 0 Å².